The smallest absolute Gasteiger partial charge is 0.270 e. The number of nitro groups is 1. The molecule has 110 valence electrons. The molecular formula is C15H15BrN2O3. The minimum absolute atomic E-state index is 0.0352. The molecule has 0 saturated heterocycles. The van der Waals surface area contributed by atoms with Gasteiger partial charge in [0.2, 0.25) is 0 Å². The molecule has 6 heteroatoms. The van der Waals surface area contributed by atoms with Gasteiger partial charge in [0.05, 0.1) is 4.92 Å². The van der Waals surface area contributed by atoms with E-state index in [0.717, 1.165) is 5.56 Å². The van der Waals surface area contributed by atoms with Crippen LogP contribution in [0.2, 0.25) is 0 Å². The maximum atomic E-state index is 11.9. The quantitative estimate of drug-likeness (QED) is 0.464. The van der Waals surface area contributed by atoms with Gasteiger partial charge >= 0.3 is 0 Å². The number of nitro benzene ring substituents is 1. The highest BCUT2D eigenvalue weighted by molar-refractivity contribution is 9.10. The molecule has 0 radical (unpaired) electrons. The van der Waals surface area contributed by atoms with Crippen LogP contribution < -0.4 is 0 Å². The predicted octanol–water partition coefficient (Wildman–Crippen LogP) is 4.05. The van der Waals surface area contributed by atoms with Crippen molar-refractivity contribution in [3.8, 4) is 0 Å². The molecule has 1 heterocycles. The number of nitrogens with zero attached hydrogens (tertiary/aromatic N) is 2. The van der Waals surface area contributed by atoms with Crippen molar-refractivity contribution in [3.63, 3.8) is 0 Å². The second kappa shape index (κ2) is 6.22. The first-order valence-corrected chi connectivity index (χ1v) is 7.30. The molecule has 0 fully saturated rings. The molecule has 0 unspecified atom stereocenters. The van der Waals surface area contributed by atoms with Gasteiger partial charge in [-0.1, -0.05) is 29.8 Å². The lowest BCUT2D eigenvalue weighted by Gasteiger charge is -2.06. The van der Waals surface area contributed by atoms with Crippen molar-refractivity contribution in [2.75, 3.05) is 0 Å². The van der Waals surface area contributed by atoms with E-state index < -0.39 is 4.92 Å². The first-order valence-electron chi connectivity index (χ1n) is 6.51. The highest BCUT2D eigenvalue weighted by Gasteiger charge is 2.13. The third-order valence-corrected chi connectivity index (χ3v) is 3.90. The van der Waals surface area contributed by atoms with E-state index in [0.29, 0.717) is 16.6 Å². The molecule has 0 atom stereocenters. The summed E-state index contributed by atoms with van der Waals surface area (Å²) in [7, 11) is 0. The van der Waals surface area contributed by atoms with E-state index in [1.807, 2.05) is 24.6 Å². The number of ketones is 1. The molecule has 0 spiro atoms. The number of non-ortho nitro benzene ring substituents is 1. The normalized spacial score (nSPS) is 10.9. The van der Waals surface area contributed by atoms with Crippen LogP contribution in [0.5, 0.6) is 0 Å². The molecule has 2 rings (SSSR count). The van der Waals surface area contributed by atoms with Gasteiger partial charge in [-0.2, -0.15) is 0 Å². The highest BCUT2D eigenvalue weighted by atomic mass is 79.9. The topological polar surface area (TPSA) is 65.1 Å². The lowest BCUT2D eigenvalue weighted by Crippen LogP contribution is -2.06. The summed E-state index contributed by atoms with van der Waals surface area (Å²) in [5.41, 5.74) is 1.65. The number of Topliss-reactive ketones (excluding diaryl/α,β-unsaturated/α-hetero) is 1. The van der Waals surface area contributed by atoms with E-state index in [2.05, 4.69) is 15.9 Å². The zero-order valence-electron chi connectivity index (χ0n) is 11.7. The Morgan fingerprint density at radius 1 is 1.38 bits per heavy atom. The third-order valence-electron chi connectivity index (χ3n) is 3.16. The van der Waals surface area contributed by atoms with Crippen molar-refractivity contribution in [2.24, 2.45) is 5.92 Å². The van der Waals surface area contributed by atoms with Crippen LogP contribution in [0.25, 0.3) is 0 Å². The van der Waals surface area contributed by atoms with E-state index >= 15 is 0 Å². The molecular weight excluding hydrogens is 336 g/mol. The fourth-order valence-corrected chi connectivity index (χ4v) is 2.48. The van der Waals surface area contributed by atoms with Crippen LogP contribution in [0.3, 0.4) is 0 Å². The maximum Gasteiger partial charge on any atom is 0.270 e. The van der Waals surface area contributed by atoms with E-state index in [1.54, 1.807) is 18.3 Å². The van der Waals surface area contributed by atoms with Gasteiger partial charge in [-0.25, -0.2) is 0 Å². The number of benzene rings is 1. The van der Waals surface area contributed by atoms with Gasteiger partial charge in [0.25, 0.3) is 5.69 Å². The van der Waals surface area contributed by atoms with E-state index in [9.17, 15) is 14.9 Å². The summed E-state index contributed by atoms with van der Waals surface area (Å²) in [4.78, 5) is 22.2. The monoisotopic (exact) mass is 350 g/mol. The Balaban J connectivity index is 2.19. The van der Waals surface area contributed by atoms with Gasteiger partial charge in [-0.3, -0.25) is 14.9 Å². The second-order valence-corrected chi connectivity index (χ2v) is 5.98. The van der Waals surface area contributed by atoms with Crippen LogP contribution in [-0.2, 0) is 6.54 Å². The number of halogens is 1. The lowest BCUT2D eigenvalue weighted by molar-refractivity contribution is -0.384. The zero-order valence-corrected chi connectivity index (χ0v) is 13.3. The predicted molar refractivity (Wildman–Crippen MR) is 83.5 cm³/mol. The molecule has 0 aliphatic rings. The average Bonchev–Trinajstić information content (AvgIpc) is 2.88. The van der Waals surface area contributed by atoms with Crippen LogP contribution >= 0.6 is 15.9 Å². The Bertz CT molecular complexity index is 692. The summed E-state index contributed by atoms with van der Waals surface area (Å²) in [6, 6.07) is 6.47. The number of rotatable bonds is 5. The van der Waals surface area contributed by atoms with Gasteiger partial charge in [-0.15, -0.1) is 0 Å². The van der Waals surface area contributed by atoms with Crippen molar-refractivity contribution in [1.82, 2.24) is 4.57 Å². The van der Waals surface area contributed by atoms with E-state index in [1.165, 1.54) is 12.1 Å². The van der Waals surface area contributed by atoms with E-state index in [4.69, 9.17) is 0 Å². The van der Waals surface area contributed by atoms with Crippen LogP contribution in [-0.4, -0.2) is 15.3 Å². The summed E-state index contributed by atoms with van der Waals surface area (Å²) in [5, 5.41) is 10.7. The van der Waals surface area contributed by atoms with Gasteiger partial charge in [0.15, 0.2) is 5.78 Å². The molecule has 0 N–H and O–H groups in total. The minimum Gasteiger partial charge on any atom is -0.349 e. The molecule has 0 aliphatic heterocycles. The molecule has 1 aromatic carbocycles. The first-order chi connectivity index (χ1) is 9.88. The van der Waals surface area contributed by atoms with Crippen molar-refractivity contribution in [3.05, 3.63) is 62.4 Å². The Morgan fingerprint density at radius 2 is 2.10 bits per heavy atom. The van der Waals surface area contributed by atoms with Crippen LogP contribution in [0.15, 0.2) is 41.1 Å². The maximum absolute atomic E-state index is 11.9. The summed E-state index contributed by atoms with van der Waals surface area (Å²) >= 11 is 3.35. The van der Waals surface area contributed by atoms with Gasteiger partial charge < -0.3 is 4.57 Å². The Morgan fingerprint density at radius 3 is 2.67 bits per heavy atom. The Labute approximate surface area is 130 Å². The first kappa shape index (κ1) is 15.4. The van der Waals surface area contributed by atoms with Gasteiger partial charge in [-0.05, 0) is 17.7 Å². The summed E-state index contributed by atoms with van der Waals surface area (Å²) in [6.07, 6.45) is 3.64. The number of carbonyl (C=O) groups excluding carboxylic acids is 1. The molecule has 2 aromatic rings. The highest BCUT2D eigenvalue weighted by Crippen LogP contribution is 2.24. The molecule has 0 amide bonds. The number of aromatic nitrogens is 1. The second-order valence-electron chi connectivity index (χ2n) is 5.12. The fraction of sp³-hybridized carbons (Fsp3) is 0.267. The van der Waals surface area contributed by atoms with Crippen molar-refractivity contribution >= 4 is 27.4 Å². The molecule has 0 aliphatic carbocycles. The third kappa shape index (κ3) is 3.58. The molecule has 1 aromatic heterocycles. The van der Waals surface area contributed by atoms with Crippen LogP contribution in [0.1, 0.15) is 29.8 Å². The van der Waals surface area contributed by atoms with Crippen molar-refractivity contribution in [2.45, 2.75) is 20.4 Å². The zero-order chi connectivity index (χ0) is 15.6. The molecule has 0 bridgehead atoms. The summed E-state index contributed by atoms with van der Waals surface area (Å²) in [5.74, 6) is 0.0727. The average molecular weight is 351 g/mol. The largest absolute Gasteiger partial charge is 0.349 e. The van der Waals surface area contributed by atoms with E-state index in [-0.39, 0.29) is 17.4 Å². The Kier molecular flexibility index (Phi) is 4.57. The SMILES string of the molecule is CC(C)C(=O)c1ccn(Cc2ccc([N+](=O)[O-])cc2Br)c1. The summed E-state index contributed by atoms with van der Waals surface area (Å²) in [6.45, 7) is 4.28. The Hall–Kier alpha value is -1.95. The van der Waals surface area contributed by atoms with Gasteiger partial charge in [0.1, 0.15) is 0 Å². The molecule has 5 nitrogen and oxygen atoms in total. The number of hydrogen-bond donors (Lipinski definition) is 0. The number of hydrogen-bond acceptors (Lipinski definition) is 3. The minimum atomic E-state index is -0.427. The summed E-state index contributed by atoms with van der Waals surface area (Å²) < 4.78 is 2.57. The lowest BCUT2D eigenvalue weighted by atomic mass is 10.0. The standard InChI is InChI=1S/C15H15BrN2O3/c1-10(2)15(19)12-5-6-17(9-12)8-11-3-4-13(18(20)21)7-14(11)16/h3-7,9-10H,8H2,1-2H3. The fourth-order valence-electron chi connectivity index (χ4n) is 1.99. The molecule has 21 heavy (non-hydrogen) atoms. The number of carbonyl (C=O) groups is 1. The van der Waals surface area contributed by atoms with Crippen LogP contribution in [0, 0.1) is 16.0 Å². The van der Waals surface area contributed by atoms with Crippen LogP contribution in [0.4, 0.5) is 5.69 Å². The van der Waals surface area contributed by atoms with Crippen molar-refractivity contribution < 1.29 is 9.72 Å². The van der Waals surface area contributed by atoms with Gasteiger partial charge in [0, 0.05) is 47.0 Å². The molecule has 0 saturated carbocycles. The van der Waals surface area contributed by atoms with Crippen molar-refractivity contribution in [1.29, 1.82) is 0 Å².